The molecule has 4 N–H and O–H groups in total. The smallest absolute Gasteiger partial charge is 0.303 e. The summed E-state index contributed by atoms with van der Waals surface area (Å²) in [6, 6.07) is 6.65. The van der Waals surface area contributed by atoms with Gasteiger partial charge in [-0.15, -0.1) is 11.8 Å². The van der Waals surface area contributed by atoms with Gasteiger partial charge in [-0.2, -0.15) is 0 Å². The van der Waals surface area contributed by atoms with Crippen molar-refractivity contribution < 1.29 is 19.5 Å². The summed E-state index contributed by atoms with van der Waals surface area (Å²) in [5, 5.41) is 11.4. The molecule has 114 valence electrons. The molecule has 1 aromatic carbocycles. The van der Waals surface area contributed by atoms with Crippen LogP contribution in [0, 0.1) is 0 Å². The van der Waals surface area contributed by atoms with Crippen LogP contribution in [0.15, 0.2) is 29.2 Å². The summed E-state index contributed by atoms with van der Waals surface area (Å²) in [5.74, 6) is -1.54. The molecular weight excluding hydrogens is 292 g/mol. The zero-order chi connectivity index (χ0) is 15.8. The van der Waals surface area contributed by atoms with Gasteiger partial charge >= 0.3 is 5.97 Å². The Hall–Kier alpha value is -2.02. The molecule has 0 saturated heterocycles. The van der Waals surface area contributed by atoms with Crippen LogP contribution in [0.25, 0.3) is 0 Å². The summed E-state index contributed by atoms with van der Waals surface area (Å²) in [6.07, 6.45) is 0.358. The van der Waals surface area contributed by atoms with E-state index < -0.39 is 11.9 Å². The molecular formula is C14H18N2O4S. The molecule has 21 heavy (non-hydrogen) atoms. The monoisotopic (exact) mass is 310 g/mol. The molecule has 0 spiro atoms. The third-order valence-electron chi connectivity index (χ3n) is 2.67. The highest BCUT2D eigenvalue weighted by atomic mass is 32.2. The zero-order valence-corrected chi connectivity index (χ0v) is 12.5. The minimum Gasteiger partial charge on any atom is -0.481 e. The van der Waals surface area contributed by atoms with Gasteiger partial charge in [0.1, 0.15) is 0 Å². The van der Waals surface area contributed by atoms with Crippen LogP contribution in [-0.4, -0.2) is 34.7 Å². The number of nitrogens with one attached hydrogen (secondary N) is 1. The first kappa shape index (κ1) is 17.0. The number of primary amides is 1. The van der Waals surface area contributed by atoms with Gasteiger partial charge < -0.3 is 16.2 Å². The Morgan fingerprint density at radius 2 is 2.00 bits per heavy atom. The van der Waals surface area contributed by atoms with Crippen molar-refractivity contribution in [1.82, 2.24) is 5.32 Å². The Bertz CT molecular complexity index is 533. The fourth-order valence-electron chi connectivity index (χ4n) is 1.64. The zero-order valence-electron chi connectivity index (χ0n) is 11.7. The van der Waals surface area contributed by atoms with Crippen molar-refractivity contribution in [2.24, 2.45) is 5.73 Å². The van der Waals surface area contributed by atoms with E-state index in [9.17, 15) is 14.4 Å². The second-order valence-electron chi connectivity index (χ2n) is 4.56. The summed E-state index contributed by atoms with van der Waals surface area (Å²) in [6.45, 7) is 1.75. The lowest BCUT2D eigenvalue weighted by Gasteiger charge is -2.14. The number of rotatable bonds is 8. The van der Waals surface area contributed by atoms with Crippen molar-refractivity contribution in [3.05, 3.63) is 29.8 Å². The number of amides is 2. The number of nitrogens with two attached hydrogens (primary N) is 1. The maximum atomic E-state index is 12.2. The number of benzene rings is 1. The fourth-order valence-corrected chi connectivity index (χ4v) is 2.43. The van der Waals surface area contributed by atoms with Gasteiger partial charge in [-0.05, 0) is 25.5 Å². The molecule has 1 aromatic rings. The van der Waals surface area contributed by atoms with Crippen LogP contribution >= 0.6 is 11.8 Å². The number of carboxylic acids is 1. The first-order valence-electron chi connectivity index (χ1n) is 6.43. The standard InChI is InChI=1S/C14H18N2O4S/c1-9(6-7-13(18)19)16-14(20)10-4-2-3-5-11(10)21-8-12(15)17/h2-5,9H,6-8H2,1H3,(H2,15,17)(H,16,20)(H,18,19). The Morgan fingerprint density at radius 3 is 2.62 bits per heavy atom. The maximum Gasteiger partial charge on any atom is 0.303 e. The molecule has 6 nitrogen and oxygen atoms in total. The molecule has 0 heterocycles. The molecule has 0 aliphatic rings. The third kappa shape index (κ3) is 6.31. The van der Waals surface area contributed by atoms with E-state index in [4.69, 9.17) is 10.8 Å². The lowest BCUT2D eigenvalue weighted by molar-refractivity contribution is -0.137. The highest BCUT2D eigenvalue weighted by Crippen LogP contribution is 2.22. The molecule has 0 fully saturated rings. The van der Waals surface area contributed by atoms with Gasteiger partial charge in [-0.1, -0.05) is 12.1 Å². The average Bonchev–Trinajstić information content (AvgIpc) is 2.43. The summed E-state index contributed by atoms with van der Waals surface area (Å²) in [4.78, 5) is 34.2. The molecule has 1 unspecified atom stereocenters. The van der Waals surface area contributed by atoms with Crippen LogP contribution in [0.2, 0.25) is 0 Å². The topological polar surface area (TPSA) is 109 Å². The first-order chi connectivity index (χ1) is 9.90. The Balaban J connectivity index is 2.68. The van der Waals surface area contributed by atoms with Crippen molar-refractivity contribution in [2.75, 3.05) is 5.75 Å². The van der Waals surface area contributed by atoms with E-state index in [0.29, 0.717) is 16.9 Å². The number of hydrogen-bond acceptors (Lipinski definition) is 4. The second-order valence-corrected chi connectivity index (χ2v) is 5.58. The molecule has 0 saturated carbocycles. The molecule has 0 radical (unpaired) electrons. The summed E-state index contributed by atoms with van der Waals surface area (Å²) in [7, 11) is 0. The number of carboxylic acid groups (broad SMARTS) is 1. The molecule has 2 amide bonds. The quantitative estimate of drug-likeness (QED) is 0.626. The van der Waals surface area contributed by atoms with Crippen LogP contribution in [0.3, 0.4) is 0 Å². The molecule has 1 rings (SSSR count). The largest absolute Gasteiger partial charge is 0.481 e. The van der Waals surface area contributed by atoms with E-state index in [0.717, 1.165) is 0 Å². The Kier molecular flexibility index (Phi) is 6.74. The third-order valence-corrected chi connectivity index (χ3v) is 3.77. The lowest BCUT2D eigenvalue weighted by atomic mass is 10.1. The van der Waals surface area contributed by atoms with Gasteiger partial charge in [0, 0.05) is 17.4 Å². The van der Waals surface area contributed by atoms with Crippen LogP contribution in [0.1, 0.15) is 30.1 Å². The van der Waals surface area contributed by atoms with E-state index in [-0.39, 0.29) is 24.1 Å². The molecule has 0 bridgehead atoms. The minimum absolute atomic E-state index is 0.000477. The summed E-state index contributed by atoms with van der Waals surface area (Å²) in [5.41, 5.74) is 5.55. The SMILES string of the molecule is CC(CCC(=O)O)NC(=O)c1ccccc1SCC(N)=O. The second kappa shape index (κ2) is 8.31. The van der Waals surface area contributed by atoms with Gasteiger partial charge in [0.2, 0.25) is 5.91 Å². The van der Waals surface area contributed by atoms with Crippen molar-refractivity contribution in [3.8, 4) is 0 Å². The molecule has 1 atom stereocenters. The van der Waals surface area contributed by atoms with Crippen LogP contribution in [0.5, 0.6) is 0 Å². The summed E-state index contributed by atoms with van der Waals surface area (Å²) < 4.78 is 0. The first-order valence-corrected chi connectivity index (χ1v) is 7.41. The van der Waals surface area contributed by atoms with Gasteiger partial charge in [0.05, 0.1) is 11.3 Å². The van der Waals surface area contributed by atoms with Crippen LogP contribution in [-0.2, 0) is 9.59 Å². The minimum atomic E-state index is -0.895. The van der Waals surface area contributed by atoms with E-state index in [2.05, 4.69) is 5.32 Å². The highest BCUT2D eigenvalue weighted by molar-refractivity contribution is 8.00. The van der Waals surface area contributed by atoms with E-state index >= 15 is 0 Å². The molecule has 7 heteroatoms. The number of hydrogen-bond donors (Lipinski definition) is 3. The van der Waals surface area contributed by atoms with Crippen molar-refractivity contribution >= 4 is 29.5 Å². The normalized spacial score (nSPS) is 11.7. The Morgan fingerprint density at radius 1 is 1.33 bits per heavy atom. The average molecular weight is 310 g/mol. The number of thioether (sulfide) groups is 1. The molecule has 0 aromatic heterocycles. The van der Waals surface area contributed by atoms with E-state index in [1.165, 1.54) is 11.8 Å². The summed E-state index contributed by atoms with van der Waals surface area (Å²) >= 11 is 1.20. The van der Waals surface area contributed by atoms with E-state index in [1.54, 1.807) is 31.2 Å². The molecule has 0 aliphatic heterocycles. The van der Waals surface area contributed by atoms with Gasteiger partial charge in [0.15, 0.2) is 0 Å². The van der Waals surface area contributed by atoms with Gasteiger partial charge in [0.25, 0.3) is 5.91 Å². The van der Waals surface area contributed by atoms with Crippen LogP contribution in [0.4, 0.5) is 0 Å². The van der Waals surface area contributed by atoms with Crippen molar-refractivity contribution in [3.63, 3.8) is 0 Å². The number of aliphatic carboxylic acids is 1. The molecule has 0 aliphatic carbocycles. The predicted octanol–water partition coefficient (Wildman–Crippen LogP) is 1.25. The van der Waals surface area contributed by atoms with Gasteiger partial charge in [-0.25, -0.2) is 0 Å². The number of carbonyl (C=O) groups excluding carboxylic acids is 2. The van der Waals surface area contributed by atoms with Gasteiger partial charge in [-0.3, -0.25) is 14.4 Å². The predicted molar refractivity (Wildman–Crippen MR) is 80.2 cm³/mol. The Labute approximate surface area is 127 Å². The van der Waals surface area contributed by atoms with Crippen LogP contribution < -0.4 is 11.1 Å². The lowest BCUT2D eigenvalue weighted by Crippen LogP contribution is -2.33. The maximum absolute atomic E-state index is 12.2. The highest BCUT2D eigenvalue weighted by Gasteiger charge is 2.15. The fraction of sp³-hybridized carbons (Fsp3) is 0.357. The number of carbonyl (C=O) groups is 3. The van der Waals surface area contributed by atoms with Crippen molar-refractivity contribution in [1.29, 1.82) is 0 Å². The van der Waals surface area contributed by atoms with E-state index in [1.807, 2.05) is 0 Å². The van der Waals surface area contributed by atoms with Crippen molar-refractivity contribution in [2.45, 2.75) is 30.7 Å².